The fourth-order valence-electron chi connectivity index (χ4n) is 4.30. The second-order valence-electron chi connectivity index (χ2n) is 7.94. The molecule has 154 valence electrons. The molecule has 1 saturated carbocycles. The van der Waals surface area contributed by atoms with Crippen LogP contribution in [0.5, 0.6) is 5.75 Å². The fraction of sp³-hybridized carbons (Fsp3) is 0.619. The minimum Gasteiger partial charge on any atom is -0.494 e. The molecular formula is C21H30N2O5. The number of hydrogen-bond acceptors (Lipinski definition) is 5. The summed E-state index contributed by atoms with van der Waals surface area (Å²) in [5.41, 5.74) is 1.02. The van der Waals surface area contributed by atoms with Gasteiger partial charge in [0.2, 0.25) is 0 Å². The summed E-state index contributed by atoms with van der Waals surface area (Å²) in [5, 5.41) is 12.2. The lowest BCUT2D eigenvalue weighted by Gasteiger charge is -2.44. The Morgan fingerprint density at radius 3 is 2.79 bits per heavy atom. The van der Waals surface area contributed by atoms with E-state index in [2.05, 4.69) is 12.2 Å². The Morgan fingerprint density at radius 1 is 1.36 bits per heavy atom. The molecule has 1 aromatic rings. The van der Waals surface area contributed by atoms with Gasteiger partial charge in [0, 0.05) is 24.5 Å². The van der Waals surface area contributed by atoms with Crippen molar-refractivity contribution in [1.82, 2.24) is 10.2 Å². The first-order valence-electron chi connectivity index (χ1n) is 9.98. The van der Waals surface area contributed by atoms with Crippen LogP contribution in [-0.4, -0.2) is 60.3 Å². The van der Waals surface area contributed by atoms with E-state index in [4.69, 9.17) is 9.47 Å². The van der Waals surface area contributed by atoms with Gasteiger partial charge in [0.1, 0.15) is 5.75 Å². The van der Waals surface area contributed by atoms with Gasteiger partial charge < -0.3 is 24.8 Å². The Kier molecular flexibility index (Phi) is 6.57. The Bertz CT molecular complexity index is 702. The van der Waals surface area contributed by atoms with Crippen molar-refractivity contribution in [1.29, 1.82) is 0 Å². The number of benzene rings is 1. The molecule has 2 amide bonds. The van der Waals surface area contributed by atoms with E-state index < -0.39 is 11.8 Å². The second kappa shape index (κ2) is 8.92. The van der Waals surface area contributed by atoms with Crippen LogP contribution in [0, 0.1) is 5.41 Å². The largest absolute Gasteiger partial charge is 0.494 e. The number of ether oxygens (including phenoxy) is 2. The number of nitrogens with one attached hydrogen (secondary N) is 1. The highest BCUT2D eigenvalue weighted by Crippen LogP contribution is 2.49. The molecule has 1 heterocycles. The van der Waals surface area contributed by atoms with Crippen molar-refractivity contribution in [2.24, 2.45) is 5.41 Å². The molecule has 1 saturated heterocycles. The average molecular weight is 390 g/mol. The fourth-order valence-corrected chi connectivity index (χ4v) is 4.30. The molecule has 2 N–H and O–H groups in total. The lowest BCUT2D eigenvalue weighted by atomic mass is 9.64. The summed E-state index contributed by atoms with van der Waals surface area (Å²) in [7, 11) is 0. The summed E-state index contributed by atoms with van der Waals surface area (Å²) in [4.78, 5) is 26.5. The van der Waals surface area contributed by atoms with Gasteiger partial charge >= 0.3 is 11.8 Å². The van der Waals surface area contributed by atoms with Gasteiger partial charge in [-0.2, -0.15) is 0 Å². The van der Waals surface area contributed by atoms with E-state index in [1.165, 1.54) is 4.90 Å². The molecule has 0 radical (unpaired) electrons. The Morgan fingerprint density at radius 2 is 2.14 bits per heavy atom. The topological polar surface area (TPSA) is 88.1 Å². The minimum atomic E-state index is -0.618. The molecule has 28 heavy (non-hydrogen) atoms. The molecule has 2 aliphatic rings. The van der Waals surface area contributed by atoms with E-state index in [0.717, 1.165) is 31.4 Å². The summed E-state index contributed by atoms with van der Waals surface area (Å²) in [6.07, 6.45) is 2.99. The van der Waals surface area contributed by atoms with Crippen LogP contribution in [0.2, 0.25) is 0 Å². The molecule has 0 aromatic heterocycles. The maximum atomic E-state index is 12.6. The molecule has 1 aromatic carbocycles. The van der Waals surface area contributed by atoms with E-state index in [-0.39, 0.29) is 37.3 Å². The van der Waals surface area contributed by atoms with E-state index in [0.29, 0.717) is 12.4 Å². The molecule has 1 aliphatic heterocycles. The lowest BCUT2D eigenvalue weighted by molar-refractivity contribution is -0.147. The summed E-state index contributed by atoms with van der Waals surface area (Å²) >= 11 is 0. The van der Waals surface area contributed by atoms with Crippen molar-refractivity contribution in [3.8, 4) is 5.75 Å². The highest BCUT2D eigenvalue weighted by atomic mass is 16.5. The van der Waals surface area contributed by atoms with Crippen LogP contribution in [0.25, 0.3) is 0 Å². The number of hydrogen-bond donors (Lipinski definition) is 2. The van der Waals surface area contributed by atoms with Gasteiger partial charge in [-0.1, -0.05) is 12.1 Å². The van der Waals surface area contributed by atoms with Gasteiger partial charge in [0.25, 0.3) is 0 Å². The Labute approximate surface area is 166 Å². The Hall–Kier alpha value is -2.12. The second-order valence-corrected chi connectivity index (χ2v) is 7.94. The van der Waals surface area contributed by atoms with E-state index in [1.54, 1.807) is 0 Å². The predicted octanol–water partition coefficient (Wildman–Crippen LogP) is 1.48. The maximum Gasteiger partial charge on any atom is 0.312 e. The lowest BCUT2D eigenvalue weighted by Crippen LogP contribution is -2.54. The van der Waals surface area contributed by atoms with Crippen molar-refractivity contribution < 1.29 is 24.2 Å². The zero-order chi connectivity index (χ0) is 20.1. The van der Waals surface area contributed by atoms with Crippen molar-refractivity contribution in [3.05, 3.63) is 29.8 Å². The molecule has 1 atom stereocenters. The highest BCUT2D eigenvalue weighted by Gasteiger charge is 2.49. The third-order valence-electron chi connectivity index (χ3n) is 5.52. The molecule has 3 rings (SSSR count). The summed E-state index contributed by atoms with van der Waals surface area (Å²) in [6, 6.07) is 7.42. The van der Waals surface area contributed by atoms with E-state index in [9.17, 15) is 14.7 Å². The van der Waals surface area contributed by atoms with Crippen molar-refractivity contribution in [3.63, 3.8) is 0 Å². The maximum absolute atomic E-state index is 12.6. The van der Waals surface area contributed by atoms with Crippen LogP contribution in [0.1, 0.15) is 38.7 Å². The van der Waals surface area contributed by atoms with Crippen LogP contribution in [0.3, 0.4) is 0 Å². The third kappa shape index (κ3) is 4.83. The third-order valence-corrected chi connectivity index (χ3v) is 5.52. The van der Waals surface area contributed by atoms with Gasteiger partial charge in [-0.3, -0.25) is 9.59 Å². The first-order chi connectivity index (χ1) is 13.4. The molecule has 1 spiro atoms. The summed E-state index contributed by atoms with van der Waals surface area (Å²) < 4.78 is 11.1. The summed E-state index contributed by atoms with van der Waals surface area (Å²) in [6.45, 7) is 5.41. The first-order valence-corrected chi connectivity index (χ1v) is 9.98. The predicted molar refractivity (Wildman–Crippen MR) is 104 cm³/mol. The molecule has 7 nitrogen and oxygen atoms in total. The van der Waals surface area contributed by atoms with E-state index in [1.807, 2.05) is 31.2 Å². The highest BCUT2D eigenvalue weighted by molar-refractivity contribution is 6.35. The number of aliphatic hydroxyl groups excluding tert-OH is 1. The van der Waals surface area contributed by atoms with Crippen molar-refractivity contribution in [2.45, 2.75) is 51.8 Å². The van der Waals surface area contributed by atoms with Crippen LogP contribution >= 0.6 is 0 Å². The zero-order valence-corrected chi connectivity index (χ0v) is 16.6. The molecular weight excluding hydrogens is 360 g/mol. The van der Waals surface area contributed by atoms with Crippen LogP contribution in [-0.2, 0) is 20.9 Å². The number of amides is 2. The monoisotopic (exact) mass is 390 g/mol. The normalized spacial score (nSPS) is 26.0. The van der Waals surface area contributed by atoms with Gasteiger partial charge in [-0.25, -0.2) is 0 Å². The molecule has 1 unspecified atom stereocenters. The van der Waals surface area contributed by atoms with Gasteiger partial charge in [0.15, 0.2) is 0 Å². The molecule has 2 fully saturated rings. The van der Waals surface area contributed by atoms with Crippen molar-refractivity contribution in [2.75, 3.05) is 26.4 Å². The van der Waals surface area contributed by atoms with Crippen LogP contribution in [0.4, 0.5) is 0 Å². The first kappa shape index (κ1) is 20.6. The number of nitrogens with zero attached hydrogens (tertiary/aromatic N) is 1. The molecule has 1 aliphatic carbocycles. The zero-order valence-electron chi connectivity index (χ0n) is 16.6. The summed E-state index contributed by atoms with van der Waals surface area (Å²) in [5.74, 6) is -0.511. The smallest absolute Gasteiger partial charge is 0.312 e. The standard InChI is InChI=1S/C21H30N2O5/c1-3-27-18-6-4-5-16(9-18)13-23(7-8-24)20(26)19(25)22-17-11-21(12-17)10-15(2)28-14-21/h4-6,9,15,17,24H,3,7-8,10-14H2,1-2H3,(H,22,25). The molecule has 7 heteroatoms. The van der Waals surface area contributed by atoms with Crippen molar-refractivity contribution >= 4 is 11.8 Å². The van der Waals surface area contributed by atoms with Gasteiger partial charge in [-0.15, -0.1) is 0 Å². The number of aliphatic hydroxyl groups is 1. The molecule has 0 bridgehead atoms. The number of carbonyl (C=O) groups is 2. The quantitative estimate of drug-likeness (QED) is 0.689. The van der Waals surface area contributed by atoms with E-state index >= 15 is 0 Å². The number of rotatable bonds is 7. The van der Waals surface area contributed by atoms with Crippen LogP contribution < -0.4 is 10.1 Å². The average Bonchev–Trinajstić information content (AvgIpc) is 3.03. The Balaban J connectivity index is 1.55. The van der Waals surface area contributed by atoms with Gasteiger partial charge in [0.05, 0.1) is 25.9 Å². The minimum absolute atomic E-state index is 0.0163. The SMILES string of the molecule is CCOc1cccc(CN(CCO)C(=O)C(=O)NC2CC3(COC(C)C3)C2)c1. The van der Waals surface area contributed by atoms with Crippen LogP contribution in [0.15, 0.2) is 24.3 Å². The van der Waals surface area contributed by atoms with Gasteiger partial charge in [-0.05, 0) is 50.8 Å². The number of carbonyl (C=O) groups excluding carboxylic acids is 2.